The Kier molecular flexibility index (Phi) is 4.33. The molecule has 130 valence electrons. The summed E-state index contributed by atoms with van der Waals surface area (Å²) in [6, 6.07) is 5.75. The molecule has 6 nitrogen and oxygen atoms in total. The van der Waals surface area contributed by atoms with E-state index in [0.717, 1.165) is 32.4 Å². The molecule has 0 aromatic heterocycles. The largest absolute Gasteiger partial charge is 0.486 e. The number of piperazine rings is 1. The minimum Gasteiger partial charge on any atom is -0.486 e. The Bertz CT molecular complexity index is 613. The van der Waals surface area contributed by atoms with Crippen LogP contribution in [0.25, 0.3) is 0 Å². The summed E-state index contributed by atoms with van der Waals surface area (Å²) in [5, 5.41) is 10.1. The number of fused-ring (bicyclic) bond motifs is 1. The number of rotatable bonds is 2. The summed E-state index contributed by atoms with van der Waals surface area (Å²) in [6.45, 7) is 4.01. The van der Waals surface area contributed by atoms with E-state index in [4.69, 9.17) is 9.47 Å². The second kappa shape index (κ2) is 6.61. The molecule has 2 fully saturated rings. The van der Waals surface area contributed by atoms with Crippen LogP contribution in [0.3, 0.4) is 0 Å². The Morgan fingerprint density at radius 1 is 1.08 bits per heavy atom. The summed E-state index contributed by atoms with van der Waals surface area (Å²) in [5.41, 5.74) is 0.585. The molecule has 2 aliphatic heterocycles. The first-order chi connectivity index (χ1) is 11.7. The van der Waals surface area contributed by atoms with Crippen LogP contribution in [0.5, 0.6) is 11.5 Å². The van der Waals surface area contributed by atoms with Crippen molar-refractivity contribution in [2.24, 2.45) is 0 Å². The number of amides is 1. The van der Waals surface area contributed by atoms with Gasteiger partial charge in [0.25, 0.3) is 5.91 Å². The van der Waals surface area contributed by atoms with E-state index in [0.29, 0.717) is 43.4 Å². The van der Waals surface area contributed by atoms with Crippen LogP contribution >= 0.6 is 0 Å². The lowest BCUT2D eigenvalue weighted by atomic mass is 10.1. The van der Waals surface area contributed by atoms with Gasteiger partial charge in [-0.2, -0.15) is 0 Å². The number of aliphatic hydroxyl groups excluding tert-OH is 1. The number of hydrogen-bond acceptors (Lipinski definition) is 5. The summed E-state index contributed by atoms with van der Waals surface area (Å²) >= 11 is 0. The molecular formula is C18H24N2O4. The highest BCUT2D eigenvalue weighted by molar-refractivity contribution is 5.98. The molecule has 1 aromatic carbocycles. The van der Waals surface area contributed by atoms with E-state index in [1.54, 1.807) is 0 Å². The van der Waals surface area contributed by atoms with Gasteiger partial charge in [-0.15, -0.1) is 0 Å². The number of aliphatic hydroxyl groups is 1. The van der Waals surface area contributed by atoms with Gasteiger partial charge in [0.15, 0.2) is 11.5 Å². The smallest absolute Gasteiger partial charge is 0.257 e. The second-order valence-corrected chi connectivity index (χ2v) is 6.72. The van der Waals surface area contributed by atoms with Crippen LogP contribution in [0.1, 0.15) is 29.6 Å². The molecule has 0 unspecified atom stereocenters. The van der Waals surface area contributed by atoms with Crippen molar-refractivity contribution in [2.75, 3.05) is 39.4 Å². The van der Waals surface area contributed by atoms with Crippen LogP contribution < -0.4 is 9.47 Å². The molecule has 1 aromatic rings. The number of para-hydroxylation sites is 1. The van der Waals surface area contributed by atoms with Crippen molar-refractivity contribution >= 4 is 5.91 Å². The third-order valence-corrected chi connectivity index (χ3v) is 5.31. The number of benzene rings is 1. The summed E-state index contributed by atoms with van der Waals surface area (Å²) in [7, 11) is 0. The van der Waals surface area contributed by atoms with E-state index in [-0.39, 0.29) is 18.1 Å². The molecule has 0 spiro atoms. The predicted octanol–water partition coefficient (Wildman–Crippen LogP) is 1.13. The molecule has 2 atom stereocenters. The Hall–Kier alpha value is -1.79. The number of nitrogens with zero attached hydrogens (tertiary/aromatic N) is 2. The van der Waals surface area contributed by atoms with Gasteiger partial charge in [0, 0.05) is 32.2 Å². The fraction of sp³-hybridized carbons (Fsp3) is 0.611. The first-order valence-corrected chi connectivity index (χ1v) is 8.84. The zero-order chi connectivity index (χ0) is 16.5. The van der Waals surface area contributed by atoms with Gasteiger partial charge in [0.1, 0.15) is 13.2 Å². The topological polar surface area (TPSA) is 62.2 Å². The van der Waals surface area contributed by atoms with Gasteiger partial charge in [-0.1, -0.05) is 6.07 Å². The van der Waals surface area contributed by atoms with Crippen molar-refractivity contribution in [3.63, 3.8) is 0 Å². The highest BCUT2D eigenvalue weighted by Crippen LogP contribution is 2.34. The van der Waals surface area contributed by atoms with E-state index >= 15 is 0 Å². The van der Waals surface area contributed by atoms with Gasteiger partial charge in [0.05, 0.1) is 11.7 Å². The maximum absolute atomic E-state index is 12.9. The highest BCUT2D eigenvalue weighted by Gasteiger charge is 2.34. The maximum Gasteiger partial charge on any atom is 0.257 e. The van der Waals surface area contributed by atoms with Crippen molar-refractivity contribution in [3.05, 3.63) is 23.8 Å². The molecule has 6 heteroatoms. The van der Waals surface area contributed by atoms with Crippen LogP contribution in [0.2, 0.25) is 0 Å². The highest BCUT2D eigenvalue weighted by atomic mass is 16.6. The van der Waals surface area contributed by atoms with Gasteiger partial charge in [-0.25, -0.2) is 0 Å². The molecule has 1 amide bonds. The number of hydrogen-bond donors (Lipinski definition) is 1. The monoisotopic (exact) mass is 332 g/mol. The fourth-order valence-electron chi connectivity index (χ4n) is 4.02. The number of ether oxygens (including phenoxy) is 2. The Morgan fingerprint density at radius 2 is 1.88 bits per heavy atom. The molecule has 0 bridgehead atoms. The minimum atomic E-state index is -0.209. The Morgan fingerprint density at radius 3 is 2.62 bits per heavy atom. The molecule has 3 aliphatic rings. The quantitative estimate of drug-likeness (QED) is 0.880. The predicted molar refractivity (Wildman–Crippen MR) is 88.6 cm³/mol. The molecule has 24 heavy (non-hydrogen) atoms. The van der Waals surface area contributed by atoms with Crippen molar-refractivity contribution in [1.29, 1.82) is 0 Å². The fourth-order valence-corrected chi connectivity index (χ4v) is 4.02. The molecule has 4 rings (SSSR count). The number of carbonyl (C=O) groups is 1. The number of carbonyl (C=O) groups excluding carboxylic acids is 1. The third-order valence-electron chi connectivity index (χ3n) is 5.31. The molecule has 1 N–H and O–H groups in total. The normalized spacial score (nSPS) is 27.3. The van der Waals surface area contributed by atoms with E-state index in [9.17, 15) is 9.90 Å². The molecule has 1 aliphatic carbocycles. The van der Waals surface area contributed by atoms with Gasteiger partial charge in [-0.05, 0) is 31.4 Å². The summed E-state index contributed by atoms with van der Waals surface area (Å²) < 4.78 is 11.2. The molecule has 1 saturated carbocycles. The van der Waals surface area contributed by atoms with Gasteiger partial charge < -0.3 is 19.5 Å². The van der Waals surface area contributed by atoms with Gasteiger partial charge >= 0.3 is 0 Å². The summed E-state index contributed by atoms with van der Waals surface area (Å²) in [6.07, 6.45) is 2.85. The second-order valence-electron chi connectivity index (χ2n) is 6.72. The van der Waals surface area contributed by atoms with E-state index in [2.05, 4.69) is 4.90 Å². The SMILES string of the molecule is O=C(c1cccc2c1OCCO2)N1CCN([C@@H]2CCC[C@H]2O)CC1. The summed E-state index contributed by atoms with van der Waals surface area (Å²) in [4.78, 5) is 17.1. The molecule has 1 saturated heterocycles. The molecule has 0 radical (unpaired) electrons. The minimum absolute atomic E-state index is 0.00368. The van der Waals surface area contributed by atoms with Crippen LogP contribution in [0, 0.1) is 0 Å². The van der Waals surface area contributed by atoms with Crippen molar-refractivity contribution in [3.8, 4) is 11.5 Å². The van der Waals surface area contributed by atoms with Crippen LogP contribution in [-0.2, 0) is 0 Å². The molecular weight excluding hydrogens is 308 g/mol. The van der Waals surface area contributed by atoms with E-state index in [1.165, 1.54) is 0 Å². The lowest BCUT2D eigenvalue weighted by Gasteiger charge is -2.39. The van der Waals surface area contributed by atoms with Crippen molar-refractivity contribution in [1.82, 2.24) is 9.80 Å². The Labute approximate surface area is 141 Å². The first kappa shape index (κ1) is 15.7. The zero-order valence-electron chi connectivity index (χ0n) is 13.8. The van der Waals surface area contributed by atoms with Crippen LogP contribution in [0.15, 0.2) is 18.2 Å². The van der Waals surface area contributed by atoms with E-state index < -0.39 is 0 Å². The lowest BCUT2D eigenvalue weighted by Crippen LogP contribution is -2.53. The van der Waals surface area contributed by atoms with Gasteiger partial charge in [0.2, 0.25) is 0 Å². The zero-order valence-corrected chi connectivity index (χ0v) is 13.8. The maximum atomic E-state index is 12.9. The van der Waals surface area contributed by atoms with Crippen LogP contribution in [0.4, 0.5) is 0 Å². The van der Waals surface area contributed by atoms with Crippen molar-refractivity contribution in [2.45, 2.75) is 31.4 Å². The Balaban J connectivity index is 1.43. The standard InChI is InChI=1S/C18H24N2O4/c21-15-5-2-4-14(15)19-7-9-20(10-8-19)18(22)13-3-1-6-16-17(13)24-12-11-23-16/h1,3,6,14-15,21H,2,4-5,7-12H2/t14-,15-/m1/s1. The average Bonchev–Trinajstić information content (AvgIpc) is 3.07. The third kappa shape index (κ3) is 2.84. The first-order valence-electron chi connectivity index (χ1n) is 8.84. The average molecular weight is 332 g/mol. The lowest BCUT2D eigenvalue weighted by molar-refractivity contribution is 0.0312. The van der Waals surface area contributed by atoms with Crippen molar-refractivity contribution < 1.29 is 19.4 Å². The summed E-state index contributed by atoms with van der Waals surface area (Å²) in [5.74, 6) is 1.23. The van der Waals surface area contributed by atoms with E-state index in [1.807, 2.05) is 23.1 Å². The van der Waals surface area contributed by atoms with Gasteiger partial charge in [-0.3, -0.25) is 9.69 Å². The molecule has 2 heterocycles. The van der Waals surface area contributed by atoms with Crippen LogP contribution in [-0.4, -0.2) is 72.4 Å².